The Kier molecular flexibility index (Phi) is 4.46. The summed E-state index contributed by atoms with van der Waals surface area (Å²) in [4.78, 5) is 21.9. The van der Waals surface area contributed by atoms with Gasteiger partial charge in [-0.15, -0.1) is 0 Å². The number of carboxylic acids is 1. The minimum atomic E-state index is -1.14. The van der Waals surface area contributed by atoms with Crippen molar-refractivity contribution in [2.75, 3.05) is 6.61 Å². The molecular formula is C13H14O4. The highest BCUT2D eigenvalue weighted by Crippen LogP contribution is 2.19. The van der Waals surface area contributed by atoms with Crippen LogP contribution in [-0.2, 0) is 4.79 Å². The monoisotopic (exact) mass is 234 g/mol. The molecule has 0 fully saturated rings. The maximum Gasteiger partial charge on any atom is 0.328 e. The SMILES string of the molecule is CCOc1ccc(C(=O)/C=C/C(=O)O)cc1C. The van der Waals surface area contributed by atoms with Gasteiger partial charge in [-0.2, -0.15) is 0 Å². The van der Waals surface area contributed by atoms with Crippen LogP contribution in [0.3, 0.4) is 0 Å². The second-order valence-electron chi connectivity index (χ2n) is 3.45. The van der Waals surface area contributed by atoms with E-state index in [2.05, 4.69) is 0 Å². The lowest BCUT2D eigenvalue weighted by atomic mass is 10.1. The molecule has 0 saturated heterocycles. The molecule has 0 radical (unpaired) electrons. The molecule has 0 amide bonds. The van der Waals surface area contributed by atoms with Gasteiger partial charge in [0.1, 0.15) is 5.75 Å². The predicted molar refractivity (Wildman–Crippen MR) is 63.5 cm³/mol. The average Bonchev–Trinajstić information content (AvgIpc) is 2.28. The molecule has 0 aliphatic heterocycles. The number of allylic oxidation sites excluding steroid dienone is 1. The van der Waals surface area contributed by atoms with Gasteiger partial charge in [-0.25, -0.2) is 4.79 Å². The topological polar surface area (TPSA) is 63.6 Å². The summed E-state index contributed by atoms with van der Waals surface area (Å²) < 4.78 is 5.35. The molecule has 1 aromatic rings. The van der Waals surface area contributed by atoms with Crippen LogP contribution in [0.25, 0.3) is 0 Å². The Hall–Kier alpha value is -2.10. The number of benzene rings is 1. The highest BCUT2D eigenvalue weighted by molar-refractivity contribution is 6.07. The van der Waals surface area contributed by atoms with E-state index in [1.54, 1.807) is 18.2 Å². The van der Waals surface area contributed by atoms with Crippen molar-refractivity contribution in [1.29, 1.82) is 0 Å². The summed E-state index contributed by atoms with van der Waals surface area (Å²) in [6.07, 6.45) is 1.87. The molecule has 1 rings (SSSR count). The molecular weight excluding hydrogens is 220 g/mol. The van der Waals surface area contributed by atoms with Crippen molar-refractivity contribution in [3.05, 3.63) is 41.5 Å². The number of carbonyl (C=O) groups excluding carboxylic acids is 1. The Morgan fingerprint density at radius 3 is 2.59 bits per heavy atom. The highest BCUT2D eigenvalue weighted by atomic mass is 16.5. The van der Waals surface area contributed by atoms with Crippen LogP contribution in [0.5, 0.6) is 5.75 Å². The standard InChI is InChI=1S/C13H14O4/c1-3-17-12-6-4-10(8-9(12)2)11(14)5-7-13(15)16/h4-8H,3H2,1-2H3,(H,15,16)/b7-5+. The first kappa shape index (κ1) is 13.0. The number of hydrogen-bond donors (Lipinski definition) is 1. The summed E-state index contributed by atoms with van der Waals surface area (Å²) in [5, 5.41) is 8.42. The predicted octanol–water partition coefficient (Wildman–Crippen LogP) is 2.22. The van der Waals surface area contributed by atoms with Crippen LogP contribution in [0.1, 0.15) is 22.8 Å². The number of aliphatic carboxylic acids is 1. The molecule has 1 N–H and O–H groups in total. The Morgan fingerprint density at radius 1 is 1.35 bits per heavy atom. The lowest BCUT2D eigenvalue weighted by Gasteiger charge is -2.07. The third-order valence-corrected chi connectivity index (χ3v) is 2.14. The summed E-state index contributed by atoms with van der Waals surface area (Å²) >= 11 is 0. The first-order chi connectivity index (χ1) is 8.04. The van der Waals surface area contributed by atoms with Crippen molar-refractivity contribution in [2.45, 2.75) is 13.8 Å². The van der Waals surface area contributed by atoms with Gasteiger partial charge in [0.05, 0.1) is 6.61 Å². The largest absolute Gasteiger partial charge is 0.494 e. The van der Waals surface area contributed by atoms with Crippen molar-refractivity contribution in [2.24, 2.45) is 0 Å². The second kappa shape index (κ2) is 5.84. The minimum Gasteiger partial charge on any atom is -0.494 e. The highest BCUT2D eigenvalue weighted by Gasteiger charge is 2.06. The van der Waals surface area contributed by atoms with E-state index >= 15 is 0 Å². The second-order valence-corrected chi connectivity index (χ2v) is 3.45. The van der Waals surface area contributed by atoms with Crippen molar-refractivity contribution in [3.63, 3.8) is 0 Å². The van der Waals surface area contributed by atoms with E-state index < -0.39 is 5.97 Å². The number of hydrogen-bond acceptors (Lipinski definition) is 3. The van der Waals surface area contributed by atoms with Crippen molar-refractivity contribution < 1.29 is 19.4 Å². The van der Waals surface area contributed by atoms with Crippen LogP contribution < -0.4 is 4.74 Å². The van der Waals surface area contributed by atoms with Gasteiger partial charge in [0.15, 0.2) is 5.78 Å². The Labute approximate surface area is 99.5 Å². The van der Waals surface area contributed by atoms with Crippen LogP contribution in [0.15, 0.2) is 30.4 Å². The van der Waals surface area contributed by atoms with Gasteiger partial charge < -0.3 is 9.84 Å². The van der Waals surface area contributed by atoms with E-state index in [0.29, 0.717) is 12.2 Å². The molecule has 4 heteroatoms. The zero-order valence-electron chi connectivity index (χ0n) is 9.77. The molecule has 0 aromatic heterocycles. The molecule has 17 heavy (non-hydrogen) atoms. The van der Waals surface area contributed by atoms with E-state index in [0.717, 1.165) is 23.5 Å². The van der Waals surface area contributed by atoms with Crippen LogP contribution in [0.4, 0.5) is 0 Å². The van der Waals surface area contributed by atoms with Crippen LogP contribution in [-0.4, -0.2) is 23.5 Å². The first-order valence-corrected chi connectivity index (χ1v) is 5.23. The van der Waals surface area contributed by atoms with E-state index in [-0.39, 0.29) is 5.78 Å². The molecule has 0 saturated carbocycles. The maximum atomic E-state index is 11.6. The smallest absolute Gasteiger partial charge is 0.328 e. The summed E-state index contributed by atoms with van der Waals surface area (Å²) in [7, 11) is 0. The lowest BCUT2D eigenvalue weighted by Crippen LogP contribution is -1.99. The molecule has 0 heterocycles. The van der Waals surface area contributed by atoms with Gasteiger partial charge in [-0.3, -0.25) is 4.79 Å². The van der Waals surface area contributed by atoms with E-state index in [4.69, 9.17) is 9.84 Å². The van der Waals surface area contributed by atoms with E-state index in [9.17, 15) is 9.59 Å². The van der Waals surface area contributed by atoms with Gasteiger partial charge in [-0.05, 0) is 43.7 Å². The Balaban J connectivity index is 2.89. The molecule has 0 spiro atoms. The summed E-state index contributed by atoms with van der Waals surface area (Å²) in [6.45, 7) is 4.28. The number of carbonyl (C=O) groups is 2. The number of ketones is 1. The molecule has 0 aliphatic carbocycles. The molecule has 0 aliphatic rings. The quantitative estimate of drug-likeness (QED) is 0.626. The third-order valence-electron chi connectivity index (χ3n) is 2.14. The van der Waals surface area contributed by atoms with Crippen molar-refractivity contribution in [3.8, 4) is 5.75 Å². The van der Waals surface area contributed by atoms with Crippen molar-refractivity contribution >= 4 is 11.8 Å². The number of rotatable bonds is 5. The van der Waals surface area contributed by atoms with Crippen LogP contribution in [0.2, 0.25) is 0 Å². The molecule has 0 unspecified atom stereocenters. The third kappa shape index (κ3) is 3.75. The summed E-state index contributed by atoms with van der Waals surface area (Å²) in [6, 6.07) is 5.01. The fourth-order valence-corrected chi connectivity index (χ4v) is 1.36. The summed E-state index contributed by atoms with van der Waals surface area (Å²) in [5.74, 6) is -0.745. The zero-order chi connectivity index (χ0) is 12.8. The number of carboxylic acid groups (broad SMARTS) is 1. The Bertz CT molecular complexity index is 460. The molecule has 1 aromatic carbocycles. The van der Waals surface area contributed by atoms with Gasteiger partial charge in [0.25, 0.3) is 0 Å². The first-order valence-electron chi connectivity index (χ1n) is 5.23. The van der Waals surface area contributed by atoms with Gasteiger partial charge in [-0.1, -0.05) is 0 Å². The minimum absolute atomic E-state index is 0.335. The average molecular weight is 234 g/mol. The van der Waals surface area contributed by atoms with Crippen molar-refractivity contribution in [1.82, 2.24) is 0 Å². The van der Waals surface area contributed by atoms with Crippen LogP contribution in [0, 0.1) is 6.92 Å². The van der Waals surface area contributed by atoms with E-state index in [1.165, 1.54) is 0 Å². The molecule has 0 atom stereocenters. The lowest BCUT2D eigenvalue weighted by molar-refractivity contribution is -0.131. The van der Waals surface area contributed by atoms with Gasteiger partial charge >= 0.3 is 5.97 Å². The number of ether oxygens (including phenoxy) is 1. The fraction of sp³-hybridized carbons (Fsp3) is 0.231. The normalized spacial score (nSPS) is 10.5. The van der Waals surface area contributed by atoms with Gasteiger partial charge in [0, 0.05) is 11.6 Å². The fourth-order valence-electron chi connectivity index (χ4n) is 1.36. The molecule has 90 valence electrons. The van der Waals surface area contributed by atoms with E-state index in [1.807, 2.05) is 13.8 Å². The molecule has 0 bridgehead atoms. The van der Waals surface area contributed by atoms with Crippen LogP contribution >= 0.6 is 0 Å². The summed E-state index contributed by atoms with van der Waals surface area (Å²) in [5.41, 5.74) is 1.30. The maximum absolute atomic E-state index is 11.6. The molecule has 4 nitrogen and oxygen atoms in total. The number of aryl methyl sites for hydroxylation is 1. The van der Waals surface area contributed by atoms with Gasteiger partial charge in [0.2, 0.25) is 0 Å². The Morgan fingerprint density at radius 2 is 2.06 bits per heavy atom. The zero-order valence-corrected chi connectivity index (χ0v) is 9.77.